The van der Waals surface area contributed by atoms with Crippen molar-refractivity contribution in [3.63, 3.8) is 0 Å². The number of methoxy groups -OCH3 is 1. The predicted molar refractivity (Wildman–Crippen MR) is 122 cm³/mol. The monoisotopic (exact) mass is 445 g/mol. The maximum atomic E-state index is 13.3. The Morgan fingerprint density at radius 1 is 0.774 bits per heavy atom. The molecule has 2 saturated heterocycles. The summed E-state index contributed by atoms with van der Waals surface area (Å²) in [5.74, 6) is 2.43. The van der Waals surface area contributed by atoms with E-state index >= 15 is 0 Å². The Bertz CT molecular complexity index is 1010. The van der Waals surface area contributed by atoms with Gasteiger partial charge in [-0.1, -0.05) is 0 Å². The molecule has 1 aromatic carbocycles. The number of anilines is 2. The standard InChI is InChI=1S/C22H31N5O3S/c1-17-18(2)20(8-7-19(17)30-3)31(28,29)27-15-13-26(14-16-27)22-10-9-21(23-24-22)25-11-5-4-6-12-25/h7-10H,4-6,11-16H2,1-3H3. The molecule has 1 aromatic heterocycles. The Kier molecular flexibility index (Phi) is 6.34. The lowest BCUT2D eigenvalue weighted by molar-refractivity contribution is 0.382. The molecule has 2 aliphatic heterocycles. The van der Waals surface area contributed by atoms with Crippen molar-refractivity contribution >= 4 is 21.7 Å². The zero-order chi connectivity index (χ0) is 22.0. The van der Waals surface area contributed by atoms with E-state index in [2.05, 4.69) is 20.0 Å². The topological polar surface area (TPSA) is 78.9 Å². The molecule has 0 saturated carbocycles. The van der Waals surface area contributed by atoms with Crippen LogP contribution in [0.25, 0.3) is 0 Å². The molecule has 8 nitrogen and oxygen atoms in total. The van der Waals surface area contributed by atoms with Gasteiger partial charge in [-0.2, -0.15) is 4.31 Å². The second kappa shape index (κ2) is 9.00. The van der Waals surface area contributed by atoms with Crippen LogP contribution in [0.5, 0.6) is 5.75 Å². The van der Waals surface area contributed by atoms with Gasteiger partial charge in [0.25, 0.3) is 0 Å². The molecule has 0 N–H and O–H groups in total. The van der Waals surface area contributed by atoms with E-state index in [0.29, 0.717) is 36.8 Å². The summed E-state index contributed by atoms with van der Waals surface area (Å²) in [5, 5.41) is 8.84. The number of sulfonamides is 1. The second-order valence-corrected chi connectivity index (χ2v) is 10.1. The average Bonchev–Trinajstić information content (AvgIpc) is 2.81. The molecule has 2 fully saturated rings. The summed E-state index contributed by atoms with van der Waals surface area (Å²) < 4.78 is 33.4. The predicted octanol–water partition coefficient (Wildman–Crippen LogP) is 2.60. The van der Waals surface area contributed by atoms with E-state index in [1.165, 1.54) is 19.3 Å². The molecular formula is C22H31N5O3S. The van der Waals surface area contributed by atoms with E-state index in [1.807, 2.05) is 26.0 Å². The maximum absolute atomic E-state index is 13.3. The van der Waals surface area contributed by atoms with E-state index in [4.69, 9.17) is 4.74 Å². The van der Waals surface area contributed by atoms with Gasteiger partial charge in [0.2, 0.25) is 10.0 Å². The molecule has 9 heteroatoms. The summed E-state index contributed by atoms with van der Waals surface area (Å²) in [5.41, 5.74) is 1.59. The Morgan fingerprint density at radius 3 is 1.90 bits per heavy atom. The van der Waals surface area contributed by atoms with Crippen LogP contribution in [0.15, 0.2) is 29.2 Å². The molecule has 2 aliphatic rings. The number of hydrogen-bond acceptors (Lipinski definition) is 7. The lowest BCUT2D eigenvalue weighted by Crippen LogP contribution is -2.49. The molecule has 168 valence electrons. The van der Waals surface area contributed by atoms with Crippen LogP contribution >= 0.6 is 0 Å². The van der Waals surface area contributed by atoms with Gasteiger partial charge in [-0.15, -0.1) is 10.2 Å². The number of piperidine rings is 1. The minimum absolute atomic E-state index is 0.352. The van der Waals surface area contributed by atoms with Gasteiger partial charge in [-0.3, -0.25) is 0 Å². The van der Waals surface area contributed by atoms with Gasteiger partial charge >= 0.3 is 0 Å². The summed E-state index contributed by atoms with van der Waals surface area (Å²) >= 11 is 0. The van der Waals surface area contributed by atoms with Crippen LogP contribution in [0.2, 0.25) is 0 Å². The number of aromatic nitrogens is 2. The summed E-state index contributed by atoms with van der Waals surface area (Å²) in [6, 6.07) is 7.40. The van der Waals surface area contributed by atoms with Crippen molar-refractivity contribution in [3.8, 4) is 5.75 Å². The molecular weight excluding hydrogens is 414 g/mol. The SMILES string of the molecule is COc1ccc(S(=O)(=O)N2CCN(c3ccc(N4CCCCC4)nn3)CC2)c(C)c1C. The van der Waals surface area contributed by atoms with Crippen LogP contribution in [0, 0.1) is 13.8 Å². The van der Waals surface area contributed by atoms with Crippen LogP contribution in [0.3, 0.4) is 0 Å². The number of ether oxygens (including phenoxy) is 1. The van der Waals surface area contributed by atoms with Crippen molar-refractivity contribution in [2.45, 2.75) is 38.0 Å². The van der Waals surface area contributed by atoms with E-state index in [-0.39, 0.29) is 0 Å². The summed E-state index contributed by atoms with van der Waals surface area (Å²) in [6.45, 7) is 7.81. The molecule has 0 spiro atoms. The molecule has 2 aromatic rings. The van der Waals surface area contributed by atoms with Gasteiger partial charge in [0, 0.05) is 39.3 Å². The number of piperazine rings is 1. The van der Waals surface area contributed by atoms with Crippen molar-refractivity contribution in [1.82, 2.24) is 14.5 Å². The van der Waals surface area contributed by atoms with Gasteiger partial charge < -0.3 is 14.5 Å². The number of nitrogens with zero attached hydrogens (tertiary/aromatic N) is 5. The van der Waals surface area contributed by atoms with Crippen molar-refractivity contribution < 1.29 is 13.2 Å². The average molecular weight is 446 g/mol. The summed E-state index contributed by atoms with van der Waals surface area (Å²) in [7, 11) is -1.96. The molecule has 3 heterocycles. The lowest BCUT2D eigenvalue weighted by atomic mass is 10.1. The first-order valence-electron chi connectivity index (χ1n) is 10.9. The van der Waals surface area contributed by atoms with Crippen LogP contribution < -0.4 is 14.5 Å². The third-order valence-corrected chi connectivity index (χ3v) is 8.45. The maximum Gasteiger partial charge on any atom is 0.243 e. The van der Waals surface area contributed by atoms with E-state index in [9.17, 15) is 8.42 Å². The van der Waals surface area contributed by atoms with Crippen molar-refractivity contribution in [2.24, 2.45) is 0 Å². The molecule has 0 unspecified atom stereocenters. The molecule has 0 amide bonds. The lowest BCUT2D eigenvalue weighted by Gasteiger charge is -2.35. The number of hydrogen-bond donors (Lipinski definition) is 0. The van der Waals surface area contributed by atoms with Crippen LogP contribution in [0.4, 0.5) is 11.6 Å². The zero-order valence-electron chi connectivity index (χ0n) is 18.5. The highest BCUT2D eigenvalue weighted by molar-refractivity contribution is 7.89. The van der Waals surface area contributed by atoms with E-state index < -0.39 is 10.0 Å². The fourth-order valence-corrected chi connectivity index (χ4v) is 6.05. The molecule has 0 radical (unpaired) electrons. The summed E-state index contributed by atoms with van der Waals surface area (Å²) in [4.78, 5) is 4.74. The summed E-state index contributed by atoms with van der Waals surface area (Å²) in [6.07, 6.45) is 3.69. The highest BCUT2D eigenvalue weighted by Crippen LogP contribution is 2.29. The minimum atomic E-state index is -3.56. The fourth-order valence-electron chi connectivity index (χ4n) is 4.35. The molecule has 31 heavy (non-hydrogen) atoms. The van der Waals surface area contributed by atoms with Gasteiger partial charge in [0.15, 0.2) is 11.6 Å². The Morgan fingerprint density at radius 2 is 1.35 bits per heavy atom. The highest BCUT2D eigenvalue weighted by Gasteiger charge is 2.31. The molecule has 4 rings (SSSR count). The van der Waals surface area contributed by atoms with Gasteiger partial charge in [-0.25, -0.2) is 8.42 Å². The first kappa shape index (κ1) is 21.8. The van der Waals surface area contributed by atoms with Crippen LogP contribution in [0.1, 0.15) is 30.4 Å². The number of rotatable bonds is 5. The zero-order valence-corrected chi connectivity index (χ0v) is 19.4. The van der Waals surface area contributed by atoms with Crippen molar-refractivity contribution in [1.29, 1.82) is 0 Å². The fraction of sp³-hybridized carbons (Fsp3) is 0.545. The van der Waals surface area contributed by atoms with Gasteiger partial charge in [-0.05, 0) is 68.5 Å². The van der Waals surface area contributed by atoms with Crippen molar-refractivity contribution in [3.05, 3.63) is 35.4 Å². The first-order valence-corrected chi connectivity index (χ1v) is 12.3. The Balaban J connectivity index is 1.43. The minimum Gasteiger partial charge on any atom is -0.496 e. The van der Waals surface area contributed by atoms with Gasteiger partial charge in [0.05, 0.1) is 12.0 Å². The smallest absolute Gasteiger partial charge is 0.243 e. The van der Waals surface area contributed by atoms with Crippen LogP contribution in [-0.2, 0) is 10.0 Å². The molecule has 0 bridgehead atoms. The van der Waals surface area contributed by atoms with Crippen LogP contribution in [-0.4, -0.2) is 69.3 Å². The Hall–Kier alpha value is -2.39. The van der Waals surface area contributed by atoms with E-state index in [1.54, 1.807) is 23.5 Å². The Labute approximate surface area is 184 Å². The molecule has 0 atom stereocenters. The highest BCUT2D eigenvalue weighted by atomic mass is 32.2. The number of benzene rings is 1. The largest absolute Gasteiger partial charge is 0.496 e. The van der Waals surface area contributed by atoms with E-state index in [0.717, 1.165) is 35.9 Å². The normalized spacial score (nSPS) is 18.3. The quantitative estimate of drug-likeness (QED) is 0.700. The van der Waals surface area contributed by atoms with Gasteiger partial charge in [0.1, 0.15) is 5.75 Å². The first-order chi connectivity index (χ1) is 14.9. The molecule has 0 aliphatic carbocycles. The third kappa shape index (κ3) is 4.34. The van der Waals surface area contributed by atoms with Crippen molar-refractivity contribution in [2.75, 3.05) is 56.2 Å². The second-order valence-electron chi connectivity index (χ2n) is 8.20. The third-order valence-electron chi connectivity index (χ3n) is 6.40.